The maximum Gasteiger partial charge on any atom is 0.343 e. The van der Waals surface area contributed by atoms with Gasteiger partial charge >= 0.3 is 5.69 Å². The number of hydrogen-bond donors (Lipinski definition) is 1. The molecule has 1 unspecified atom stereocenters. The number of H-pyrrole nitrogens is 1. The van der Waals surface area contributed by atoms with Gasteiger partial charge < -0.3 is 0 Å². The van der Waals surface area contributed by atoms with Gasteiger partial charge in [-0.15, -0.1) is 5.10 Å². The molecular formula is C9H16BrN3OS. The van der Waals surface area contributed by atoms with Gasteiger partial charge in [0, 0.05) is 18.1 Å². The Balaban J connectivity index is 2.56. The lowest BCUT2D eigenvalue weighted by molar-refractivity contribution is 0.474. The fourth-order valence-electron chi connectivity index (χ4n) is 1.06. The Bertz CT molecular complexity index is 360. The second-order valence-corrected chi connectivity index (χ2v) is 5.47. The molecule has 4 nitrogen and oxygen atoms in total. The maximum absolute atomic E-state index is 11.1. The van der Waals surface area contributed by atoms with Crippen molar-refractivity contribution in [1.82, 2.24) is 14.8 Å². The molecule has 0 aromatic carbocycles. The van der Waals surface area contributed by atoms with E-state index in [0.29, 0.717) is 11.8 Å². The minimum absolute atomic E-state index is 0.155. The van der Waals surface area contributed by atoms with Crippen molar-refractivity contribution >= 4 is 27.7 Å². The molecule has 15 heavy (non-hydrogen) atoms. The highest BCUT2D eigenvalue weighted by atomic mass is 79.9. The molecule has 0 amide bonds. The molecule has 1 atom stereocenters. The topological polar surface area (TPSA) is 50.7 Å². The molecule has 86 valence electrons. The van der Waals surface area contributed by atoms with Gasteiger partial charge in [0.1, 0.15) is 0 Å². The highest BCUT2D eigenvalue weighted by molar-refractivity contribution is 9.09. The number of nitrogens with one attached hydrogen (secondary N) is 1. The van der Waals surface area contributed by atoms with Crippen molar-refractivity contribution in [3.63, 3.8) is 0 Å². The van der Waals surface area contributed by atoms with Gasteiger partial charge in [-0.2, -0.15) is 0 Å². The zero-order valence-corrected chi connectivity index (χ0v) is 11.6. The summed E-state index contributed by atoms with van der Waals surface area (Å²) in [5.74, 6) is 2.20. The smallest absolute Gasteiger partial charge is 0.273 e. The standard InChI is InChI=1S/C9H16BrN3OS/c1-6(2)7(4-10)5-15-9-12-11-8(14)13(9)3/h6-7H,4-5H2,1-3H3,(H,11,14). The summed E-state index contributed by atoms with van der Waals surface area (Å²) in [6, 6.07) is 0. The molecule has 1 rings (SSSR count). The van der Waals surface area contributed by atoms with Gasteiger partial charge in [0.25, 0.3) is 0 Å². The van der Waals surface area contributed by atoms with Crippen molar-refractivity contribution in [3.8, 4) is 0 Å². The largest absolute Gasteiger partial charge is 0.343 e. The van der Waals surface area contributed by atoms with Crippen LogP contribution < -0.4 is 5.69 Å². The number of hydrogen-bond acceptors (Lipinski definition) is 3. The van der Waals surface area contributed by atoms with Crippen LogP contribution in [0.25, 0.3) is 0 Å². The Morgan fingerprint density at radius 2 is 2.27 bits per heavy atom. The number of aromatic amines is 1. The molecule has 0 spiro atoms. The van der Waals surface area contributed by atoms with E-state index in [-0.39, 0.29) is 5.69 Å². The number of halogens is 1. The van der Waals surface area contributed by atoms with E-state index in [0.717, 1.165) is 16.2 Å². The van der Waals surface area contributed by atoms with Crippen molar-refractivity contribution in [1.29, 1.82) is 0 Å². The lowest BCUT2D eigenvalue weighted by Crippen LogP contribution is -2.15. The summed E-state index contributed by atoms with van der Waals surface area (Å²) in [7, 11) is 1.73. The highest BCUT2D eigenvalue weighted by Crippen LogP contribution is 2.22. The average molecular weight is 294 g/mol. The van der Waals surface area contributed by atoms with E-state index < -0.39 is 0 Å². The summed E-state index contributed by atoms with van der Waals surface area (Å²) >= 11 is 5.12. The van der Waals surface area contributed by atoms with Crippen LogP contribution in [0.15, 0.2) is 9.95 Å². The van der Waals surface area contributed by atoms with Crippen LogP contribution in [0, 0.1) is 11.8 Å². The Morgan fingerprint density at radius 1 is 1.60 bits per heavy atom. The monoisotopic (exact) mass is 293 g/mol. The molecule has 0 radical (unpaired) electrons. The molecule has 0 aliphatic carbocycles. The minimum Gasteiger partial charge on any atom is -0.273 e. The summed E-state index contributed by atoms with van der Waals surface area (Å²) < 4.78 is 1.54. The van der Waals surface area contributed by atoms with Gasteiger partial charge in [-0.3, -0.25) is 4.57 Å². The SMILES string of the molecule is CC(C)C(CBr)CSc1n[nH]c(=O)n1C. The van der Waals surface area contributed by atoms with Crippen LogP contribution in [0.2, 0.25) is 0 Å². The second-order valence-electron chi connectivity index (χ2n) is 3.84. The Hall–Kier alpha value is -0.230. The van der Waals surface area contributed by atoms with Crippen LogP contribution >= 0.6 is 27.7 Å². The number of aromatic nitrogens is 3. The van der Waals surface area contributed by atoms with Crippen LogP contribution in [0.1, 0.15) is 13.8 Å². The van der Waals surface area contributed by atoms with E-state index in [4.69, 9.17) is 0 Å². The van der Waals surface area contributed by atoms with Crippen LogP contribution in [0.3, 0.4) is 0 Å². The van der Waals surface area contributed by atoms with E-state index in [9.17, 15) is 4.79 Å². The molecule has 1 aromatic heterocycles. The third kappa shape index (κ3) is 3.38. The van der Waals surface area contributed by atoms with Crippen molar-refractivity contribution in [3.05, 3.63) is 10.5 Å². The third-order valence-corrected chi connectivity index (χ3v) is 4.46. The fraction of sp³-hybridized carbons (Fsp3) is 0.778. The third-order valence-electron chi connectivity index (χ3n) is 2.41. The average Bonchev–Trinajstić information content (AvgIpc) is 2.49. The minimum atomic E-state index is -0.155. The zero-order chi connectivity index (χ0) is 11.4. The van der Waals surface area contributed by atoms with Crippen LogP contribution in [-0.4, -0.2) is 25.8 Å². The second kappa shape index (κ2) is 5.75. The van der Waals surface area contributed by atoms with E-state index in [1.165, 1.54) is 4.57 Å². The first-order chi connectivity index (χ1) is 7.06. The first kappa shape index (κ1) is 12.8. The molecule has 1 heterocycles. The molecule has 0 bridgehead atoms. The number of alkyl halides is 1. The van der Waals surface area contributed by atoms with Crippen molar-refractivity contribution in [2.75, 3.05) is 11.1 Å². The highest BCUT2D eigenvalue weighted by Gasteiger charge is 2.14. The van der Waals surface area contributed by atoms with Crippen LogP contribution in [-0.2, 0) is 7.05 Å². The molecule has 0 fully saturated rings. The first-order valence-electron chi connectivity index (χ1n) is 4.86. The molecule has 0 saturated heterocycles. The Morgan fingerprint density at radius 3 is 2.67 bits per heavy atom. The lowest BCUT2D eigenvalue weighted by Gasteiger charge is -2.16. The van der Waals surface area contributed by atoms with E-state index in [2.05, 4.69) is 40.0 Å². The van der Waals surface area contributed by atoms with Gasteiger partial charge in [-0.1, -0.05) is 41.5 Å². The molecule has 0 aliphatic rings. The summed E-state index contributed by atoms with van der Waals surface area (Å²) in [5, 5.41) is 8.13. The number of rotatable bonds is 5. The summed E-state index contributed by atoms with van der Waals surface area (Å²) in [6.45, 7) is 4.41. The van der Waals surface area contributed by atoms with Gasteiger partial charge in [0.15, 0.2) is 5.16 Å². The summed E-state index contributed by atoms with van der Waals surface area (Å²) in [5.41, 5.74) is -0.155. The molecule has 1 aromatic rings. The normalized spacial score (nSPS) is 13.4. The predicted octanol–water partition coefficient (Wildman–Crippen LogP) is 1.87. The van der Waals surface area contributed by atoms with Crippen LogP contribution in [0.5, 0.6) is 0 Å². The molecular weight excluding hydrogens is 278 g/mol. The van der Waals surface area contributed by atoms with Crippen molar-refractivity contribution in [2.45, 2.75) is 19.0 Å². The molecule has 6 heteroatoms. The molecule has 0 aliphatic heterocycles. The van der Waals surface area contributed by atoms with Gasteiger partial charge in [0.05, 0.1) is 0 Å². The van der Waals surface area contributed by atoms with Gasteiger partial charge in [0.2, 0.25) is 0 Å². The predicted molar refractivity (Wildman–Crippen MR) is 66.7 cm³/mol. The van der Waals surface area contributed by atoms with Crippen molar-refractivity contribution < 1.29 is 0 Å². The van der Waals surface area contributed by atoms with E-state index in [1.54, 1.807) is 18.8 Å². The van der Waals surface area contributed by atoms with Gasteiger partial charge in [-0.05, 0) is 11.8 Å². The number of thioether (sulfide) groups is 1. The maximum atomic E-state index is 11.1. The lowest BCUT2D eigenvalue weighted by atomic mass is 10.0. The Kier molecular flexibility index (Phi) is 4.92. The van der Waals surface area contributed by atoms with E-state index >= 15 is 0 Å². The van der Waals surface area contributed by atoms with Gasteiger partial charge in [-0.25, -0.2) is 9.89 Å². The van der Waals surface area contributed by atoms with E-state index in [1.807, 2.05) is 0 Å². The quantitative estimate of drug-likeness (QED) is 0.666. The zero-order valence-electron chi connectivity index (χ0n) is 9.16. The van der Waals surface area contributed by atoms with Crippen LogP contribution in [0.4, 0.5) is 0 Å². The summed E-state index contributed by atoms with van der Waals surface area (Å²) in [4.78, 5) is 11.1. The molecule has 1 N–H and O–H groups in total. The first-order valence-corrected chi connectivity index (χ1v) is 6.97. The van der Waals surface area contributed by atoms with Crippen molar-refractivity contribution in [2.24, 2.45) is 18.9 Å². The Labute approximate surface area is 102 Å². The fourth-order valence-corrected chi connectivity index (χ4v) is 3.59. The summed E-state index contributed by atoms with van der Waals surface area (Å²) in [6.07, 6.45) is 0. The molecule has 0 saturated carbocycles. The number of nitrogens with zero attached hydrogens (tertiary/aromatic N) is 2.